The molecular formula is C6H18O4SSi. The Bertz CT molecular complexity index is 184. The van der Waals surface area contributed by atoms with Crippen molar-refractivity contribution in [1.29, 1.82) is 0 Å². The molecular weight excluding hydrogens is 196 g/mol. The summed E-state index contributed by atoms with van der Waals surface area (Å²) in [5.74, 6) is 0. The molecule has 0 saturated heterocycles. The first kappa shape index (κ1) is 14.6. The molecule has 0 aromatic rings. The second-order valence-corrected chi connectivity index (χ2v) is 10.3. The third-order valence-electron chi connectivity index (χ3n) is 1.000. The Morgan fingerprint density at radius 1 is 1.17 bits per heavy atom. The van der Waals surface area contributed by atoms with Crippen LogP contribution in [0.15, 0.2) is 0 Å². The first-order valence-corrected chi connectivity index (χ1v) is 8.86. The van der Waals surface area contributed by atoms with Crippen LogP contribution in [-0.2, 0) is 10.4 Å². The molecule has 0 amide bonds. The van der Waals surface area contributed by atoms with E-state index in [0.717, 1.165) is 0 Å². The minimum atomic E-state index is -4.67. The van der Waals surface area contributed by atoms with Gasteiger partial charge in [-0.3, -0.25) is 9.11 Å². The van der Waals surface area contributed by atoms with Crippen LogP contribution < -0.4 is 0 Å². The van der Waals surface area contributed by atoms with Crippen LogP contribution in [0.25, 0.3) is 0 Å². The molecule has 0 heterocycles. The first-order valence-electron chi connectivity index (χ1n) is 3.76. The maximum atomic E-state index is 8.74. The van der Waals surface area contributed by atoms with E-state index in [1.165, 1.54) is 12.5 Å². The fourth-order valence-corrected chi connectivity index (χ4v) is 2.25. The lowest BCUT2D eigenvalue weighted by Gasteiger charge is -2.12. The molecule has 0 aromatic heterocycles. The lowest BCUT2D eigenvalue weighted by atomic mass is 10.6. The summed E-state index contributed by atoms with van der Waals surface area (Å²) < 4.78 is 31.6. The Kier molecular flexibility index (Phi) is 6.92. The summed E-state index contributed by atoms with van der Waals surface area (Å²) in [4.78, 5) is 0. The average molecular weight is 214 g/mol. The molecule has 0 bridgehead atoms. The van der Waals surface area contributed by atoms with Gasteiger partial charge in [-0.15, -0.1) is 0 Å². The number of rotatable bonds is 2. The van der Waals surface area contributed by atoms with E-state index in [2.05, 4.69) is 26.6 Å². The molecule has 0 saturated carbocycles. The largest absolute Gasteiger partial charge is 0.394 e. The van der Waals surface area contributed by atoms with Gasteiger partial charge in [0.15, 0.2) is 0 Å². The van der Waals surface area contributed by atoms with E-state index in [-0.39, 0.29) is 0 Å². The zero-order chi connectivity index (χ0) is 10.4. The van der Waals surface area contributed by atoms with Crippen molar-refractivity contribution in [3.8, 4) is 0 Å². The van der Waals surface area contributed by atoms with Crippen molar-refractivity contribution in [2.75, 3.05) is 0 Å². The molecule has 0 fully saturated rings. The highest BCUT2D eigenvalue weighted by Crippen LogP contribution is 2.09. The standard InChI is InChI=1S/C6H16Si.H2O4S/c1-5-6-7(2,3)4;1-5(2,3)4/h5-6H2,1-4H3;(H2,1,2,3,4). The van der Waals surface area contributed by atoms with E-state index in [1.807, 2.05) is 0 Å². The lowest BCUT2D eigenvalue weighted by molar-refractivity contribution is 0.381. The van der Waals surface area contributed by atoms with Gasteiger partial charge in [-0.25, -0.2) is 0 Å². The van der Waals surface area contributed by atoms with Gasteiger partial charge in [-0.1, -0.05) is 39.0 Å². The van der Waals surface area contributed by atoms with Gasteiger partial charge in [-0.05, 0) is 0 Å². The Labute approximate surface area is 75.6 Å². The van der Waals surface area contributed by atoms with Crippen LogP contribution in [0.1, 0.15) is 13.3 Å². The number of hydrogen-bond acceptors (Lipinski definition) is 2. The zero-order valence-corrected chi connectivity index (χ0v) is 9.85. The van der Waals surface area contributed by atoms with Gasteiger partial charge in [0.25, 0.3) is 0 Å². The predicted octanol–water partition coefficient (Wildman–Crippen LogP) is 2.08. The van der Waals surface area contributed by atoms with Gasteiger partial charge >= 0.3 is 10.4 Å². The summed E-state index contributed by atoms with van der Waals surface area (Å²) in [6.07, 6.45) is 1.37. The van der Waals surface area contributed by atoms with Crippen LogP contribution in [-0.4, -0.2) is 25.6 Å². The molecule has 0 unspecified atom stereocenters. The summed E-state index contributed by atoms with van der Waals surface area (Å²) in [5, 5.41) is 0. The summed E-state index contributed by atoms with van der Waals surface area (Å²) in [5.41, 5.74) is 0. The van der Waals surface area contributed by atoms with E-state index in [1.54, 1.807) is 0 Å². The maximum Gasteiger partial charge on any atom is 0.394 e. The van der Waals surface area contributed by atoms with Crippen molar-refractivity contribution in [3.63, 3.8) is 0 Å². The molecule has 0 aromatic carbocycles. The third-order valence-corrected chi connectivity index (χ3v) is 3.00. The van der Waals surface area contributed by atoms with Gasteiger partial charge in [-0.2, -0.15) is 8.42 Å². The molecule has 0 radical (unpaired) electrons. The van der Waals surface area contributed by atoms with E-state index < -0.39 is 18.5 Å². The monoisotopic (exact) mass is 214 g/mol. The summed E-state index contributed by atoms with van der Waals surface area (Å²) in [6.45, 7) is 9.50. The van der Waals surface area contributed by atoms with Crippen molar-refractivity contribution < 1.29 is 17.5 Å². The molecule has 2 N–H and O–H groups in total. The Hall–Kier alpha value is 0.0869. The van der Waals surface area contributed by atoms with E-state index in [9.17, 15) is 0 Å². The second-order valence-electron chi connectivity index (χ2n) is 3.76. The van der Waals surface area contributed by atoms with Crippen LogP contribution in [0.3, 0.4) is 0 Å². The van der Waals surface area contributed by atoms with Crippen LogP contribution in [0.5, 0.6) is 0 Å². The molecule has 0 aliphatic carbocycles. The smallest absolute Gasteiger partial charge is 0.264 e. The Balaban J connectivity index is 0. The molecule has 6 heteroatoms. The highest BCUT2D eigenvalue weighted by molar-refractivity contribution is 7.79. The highest BCUT2D eigenvalue weighted by Gasteiger charge is 2.09. The van der Waals surface area contributed by atoms with Crippen molar-refractivity contribution in [2.24, 2.45) is 0 Å². The van der Waals surface area contributed by atoms with E-state index in [0.29, 0.717) is 0 Å². The second kappa shape index (κ2) is 5.68. The van der Waals surface area contributed by atoms with Crippen molar-refractivity contribution in [1.82, 2.24) is 0 Å². The lowest BCUT2D eigenvalue weighted by Crippen LogP contribution is -2.17. The molecule has 76 valence electrons. The van der Waals surface area contributed by atoms with Crippen LogP contribution in [0, 0.1) is 0 Å². The molecule has 0 aliphatic rings. The molecule has 12 heavy (non-hydrogen) atoms. The fraction of sp³-hybridized carbons (Fsp3) is 1.00. The van der Waals surface area contributed by atoms with Gasteiger partial charge in [0.2, 0.25) is 0 Å². The molecule has 0 aliphatic heterocycles. The minimum Gasteiger partial charge on any atom is -0.264 e. The van der Waals surface area contributed by atoms with Crippen LogP contribution in [0.4, 0.5) is 0 Å². The van der Waals surface area contributed by atoms with E-state index in [4.69, 9.17) is 17.5 Å². The first-order chi connectivity index (χ1) is 5.06. The van der Waals surface area contributed by atoms with Gasteiger partial charge in [0.05, 0.1) is 0 Å². The molecule has 0 spiro atoms. The van der Waals surface area contributed by atoms with Crippen molar-refractivity contribution in [2.45, 2.75) is 39.0 Å². The summed E-state index contributed by atoms with van der Waals surface area (Å²) in [6, 6.07) is 1.48. The normalized spacial score (nSPS) is 11.8. The molecule has 0 atom stereocenters. The SMILES string of the molecule is CCC[Si](C)(C)C.O=S(=O)(O)O. The van der Waals surface area contributed by atoms with Crippen molar-refractivity contribution in [3.05, 3.63) is 0 Å². The fourth-order valence-electron chi connectivity index (χ4n) is 0.750. The number of hydrogen-bond donors (Lipinski definition) is 2. The van der Waals surface area contributed by atoms with Crippen LogP contribution in [0.2, 0.25) is 25.7 Å². The Morgan fingerprint density at radius 2 is 1.42 bits per heavy atom. The topological polar surface area (TPSA) is 74.6 Å². The Morgan fingerprint density at radius 3 is 1.42 bits per heavy atom. The van der Waals surface area contributed by atoms with Crippen LogP contribution >= 0.6 is 0 Å². The quantitative estimate of drug-likeness (QED) is 0.545. The van der Waals surface area contributed by atoms with Crippen molar-refractivity contribution >= 4 is 18.5 Å². The van der Waals surface area contributed by atoms with Gasteiger partial charge < -0.3 is 0 Å². The van der Waals surface area contributed by atoms with Gasteiger partial charge in [0, 0.05) is 8.07 Å². The van der Waals surface area contributed by atoms with E-state index >= 15 is 0 Å². The molecule has 4 nitrogen and oxygen atoms in total. The third kappa shape index (κ3) is 49.9. The highest BCUT2D eigenvalue weighted by atomic mass is 32.3. The zero-order valence-electron chi connectivity index (χ0n) is 8.03. The average Bonchev–Trinajstić information content (AvgIpc) is 1.54. The maximum absolute atomic E-state index is 8.74. The predicted molar refractivity (Wildman–Crippen MR) is 52.6 cm³/mol. The minimum absolute atomic E-state index is 0.657. The summed E-state index contributed by atoms with van der Waals surface area (Å²) in [7, 11) is -5.32. The van der Waals surface area contributed by atoms with Gasteiger partial charge in [0.1, 0.15) is 0 Å². The molecule has 0 rings (SSSR count). The summed E-state index contributed by atoms with van der Waals surface area (Å²) >= 11 is 0.